The quantitative estimate of drug-likeness (QED) is 0.713. The predicted octanol–water partition coefficient (Wildman–Crippen LogP) is 4.23. The number of fused-ring (bicyclic) bond motifs is 1. The third kappa shape index (κ3) is 2.88. The first-order valence-electron chi connectivity index (χ1n) is 7.94. The third-order valence-electron chi connectivity index (χ3n) is 3.96. The van der Waals surface area contributed by atoms with Crippen LogP contribution < -0.4 is 5.32 Å². The largest absolute Gasteiger partial charge is 0.351 e. The maximum absolute atomic E-state index is 12.7. The minimum Gasteiger partial charge on any atom is -0.351 e. The highest BCUT2D eigenvalue weighted by atomic mass is 32.1. The summed E-state index contributed by atoms with van der Waals surface area (Å²) in [7, 11) is 0. The lowest BCUT2D eigenvalue weighted by Gasteiger charge is -2.11. The molecular weight excluding hydrogens is 306 g/mol. The molecule has 3 heterocycles. The Hall–Kier alpha value is -2.14. The average Bonchev–Trinajstić information content (AvgIpc) is 3.07. The lowest BCUT2D eigenvalue weighted by Crippen LogP contribution is -2.24. The maximum Gasteiger partial charge on any atom is 0.263 e. The molecule has 0 aliphatic rings. The maximum atomic E-state index is 12.7. The van der Waals surface area contributed by atoms with Gasteiger partial charge in [0.2, 0.25) is 0 Å². The van der Waals surface area contributed by atoms with Crippen molar-refractivity contribution in [3.05, 3.63) is 46.7 Å². The van der Waals surface area contributed by atoms with Crippen molar-refractivity contribution in [1.29, 1.82) is 0 Å². The molecule has 23 heavy (non-hydrogen) atoms. The summed E-state index contributed by atoms with van der Waals surface area (Å²) in [5.41, 5.74) is 3.19. The number of nitrogens with zero attached hydrogens (tertiary/aromatic N) is 2. The van der Waals surface area contributed by atoms with Gasteiger partial charge in [-0.15, -0.1) is 11.3 Å². The van der Waals surface area contributed by atoms with Crippen molar-refractivity contribution in [3.8, 4) is 5.69 Å². The van der Waals surface area contributed by atoms with Crippen molar-refractivity contribution in [2.24, 2.45) is 0 Å². The second kappa shape index (κ2) is 6.54. The number of pyridine rings is 1. The number of aromatic nitrogens is 2. The van der Waals surface area contributed by atoms with Crippen LogP contribution in [0.3, 0.4) is 0 Å². The van der Waals surface area contributed by atoms with Gasteiger partial charge in [-0.05, 0) is 44.5 Å². The number of amides is 1. The number of rotatable bonds is 5. The van der Waals surface area contributed by atoms with Crippen molar-refractivity contribution in [3.63, 3.8) is 0 Å². The first-order chi connectivity index (χ1) is 11.1. The van der Waals surface area contributed by atoms with Gasteiger partial charge in [-0.25, -0.2) is 4.98 Å². The van der Waals surface area contributed by atoms with Crippen LogP contribution >= 0.6 is 11.3 Å². The molecule has 4 nitrogen and oxygen atoms in total. The zero-order valence-corrected chi connectivity index (χ0v) is 14.5. The van der Waals surface area contributed by atoms with Gasteiger partial charge in [-0.2, -0.15) is 0 Å². The Morgan fingerprint density at radius 3 is 2.70 bits per heavy atom. The summed E-state index contributed by atoms with van der Waals surface area (Å²) in [5, 5.41) is 4.06. The van der Waals surface area contributed by atoms with Crippen LogP contribution in [0.25, 0.3) is 15.9 Å². The van der Waals surface area contributed by atoms with Crippen LogP contribution in [0.5, 0.6) is 0 Å². The molecule has 0 unspecified atom stereocenters. The number of carbonyl (C=O) groups is 1. The van der Waals surface area contributed by atoms with Crippen LogP contribution in [-0.2, 0) is 0 Å². The van der Waals surface area contributed by atoms with Crippen LogP contribution in [0.15, 0.2) is 30.5 Å². The van der Waals surface area contributed by atoms with E-state index in [2.05, 4.69) is 47.8 Å². The van der Waals surface area contributed by atoms with Crippen LogP contribution in [0.2, 0.25) is 0 Å². The molecule has 0 aliphatic heterocycles. The summed E-state index contributed by atoms with van der Waals surface area (Å²) in [5.74, 6) is -0.0102. The highest BCUT2D eigenvalue weighted by molar-refractivity contribution is 7.21. The van der Waals surface area contributed by atoms with Crippen molar-refractivity contribution in [2.75, 3.05) is 6.54 Å². The number of unbranched alkanes of at least 4 members (excludes halogenated alkanes) is 1. The summed E-state index contributed by atoms with van der Waals surface area (Å²) < 4.78 is 2.15. The molecule has 120 valence electrons. The molecule has 0 radical (unpaired) electrons. The number of nitrogens with one attached hydrogen (secondary N) is 1. The van der Waals surface area contributed by atoms with Crippen molar-refractivity contribution >= 4 is 27.5 Å². The molecule has 3 aromatic heterocycles. The van der Waals surface area contributed by atoms with E-state index in [1.807, 2.05) is 12.1 Å². The molecule has 3 rings (SSSR count). The van der Waals surface area contributed by atoms with E-state index >= 15 is 0 Å². The lowest BCUT2D eigenvalue weighted by atomic mass is 10.2. The van der Waals surface area contributed by atoms with E-state index in [-0.39, 0.29) is 5.91 Å². The Morgan fingerprint density at radius 2 is 2.00 bits per heavy atom. The van der Waals surface area contributed by atoms with E-state index in [4.69, 9.17) is 0 Å². The topological polar surface area (TPSA) is 46.9 Å². The van der Waals surface area contributed by atoms with Crippen LogP contribution in [0.1, 0.15) is 40.8 Å². The molecule has 0 fully saturated rings. The molecule has 0 aromatic carbocycles. The zero-order valence-electron chi connectivity index (χ0n) is 13.7. The molecule has 0 atom stereocenters. The average molecular weight is 327 g/mol. The van der Waals surface area contributed by atoms with Crippen molar-refractivity contribution < 1.29 is 4.79 Å². The van der Waals surface area contributed by atoms with Gasteiger partial charge in [-0.3, -0.25) is 4.79 Å². The molecule has 0 aliphatic carbocycles. The Bertz CT molecular complexity index is 828. The molecule has 0 bridgehead atoms. The van der Waals surface area contributed by atoms with Gasteiger partial charge < -0.3 is 9.88 Å². The Morgan fingerprint density at radius 1 is 1.26 bits per heavy atom. The minimum absolute atomic E-state index is 0.0102. The van der Waals surface area contributed by atoms with E-state index in [9.17, 15) is 4.79 Å². The molecule has 1 amide bonds. The van der Waals surface area contributed by atoms with Gasteiger partial charge >= 0.3 is 0 Å². The third-order valence-corrected chi connectivity index (χ3v) is 5.06. The zero-order chi connectivity index (χ0) is 16.4. The standard InChI is InChI=1S/C18H21N3OS/c1-4-5-10-19-17(22)16-15(21-12(2)8-9-13(21)3)14-7-6-11-20-18(14)23-16/h6-9,11H,4-5,10H2,1-3H3,(H,19,22). The number of hydrogen-bond acceptors (Lipinski definition) is 3. The molecule has 1 N–H and O–H groups in total. The first-order valence-corrected chi connectivity index (χ1v) is 8.76. The van der Waals surface area contributed by atoms with Gasteiger partial charge in [-0.1, -0.05) is 13.3 Å². The summed E-state index contributed by atoms with van der Waals surface area (Å²) in [6, 6.07) is 8.11. The fraction of sp³-hybridized carbons (Fsp3) is 0.333. The highest BCUT2D eigenvalue weighted by Crippen LogP contribution is 2.34. The molecule has 0 spiro atoms. The molecule has 3 aromatic rings. The van der Waals surface area contributed by atoms with Crippen LogP contribution in [-0.4, -0.2) is 22.0 Å². The molecule has 5 heteroatoms. The number of hydrogen-bond donors (Lipinski definition) is 1. The smallest absolute Gasteiger partial charge is 0.263 e. The highest BCUT2D eigenvalue weighted by Gasteiger charge is 2.21. The molecule has 0 saturated carbocycles. The number of thiophene rings is 1. The minimum atomic E-state index is -0.0102. The van der Waals surface area contributed by atoms with E-state index < -0.39 is 0 Å². The fourth-order valence-corrected chi connectivity index (χ4v) is 3.82. The lowest BCUT2D eigenvalue weighted by molar-refractivity contribution is 0.0957. The number of aryl methyl sites for hydroxylation is 2. The van der Waals surface area contributed by atoms with Gasteiger partial charge in [0.1, 0.15) is 9.71 Å². The second-order valence-corrected chi connectivity index (χ2v) is 6.70. The first kappa shape index (κ1) is 15.7. The van der Waals surface area contributed by atoms with Gasteiger partial charge in [0.25, 0.3) is 5.91 Å². The van der Waals surface area contributed by atoms with Gasteiger partial charge in [0.15, 0.2) is 0 Å². The van der Waals surface area contributed by atoms with Crippen molar-refractivity contribution in [1.82, 2.24) is 14.9 Å². The summed E-state index contributed by atoms with van der Waals surface area (Å²) in [4.78, 5) is 18.8. The summed E-state index contributed by atoms with van der Waals surface area (Å²) >= 11 is 1.46. The fourth-order valence-electron chi connectivity index (χ4n) is 2.78. The second-order valence-electron chi connectivity index (χ2n) is 5.70. The van der Waals surface area contributed by atoms with E-state index in [0.717, 1.165) is 45.0 Å². The van der Waals surface area contributed by atoms with Crippen LogP contribution in [0, 0.1) is 13.8 Å². The van der Waals surface area contributed by atoms with E-state index in [1.54, 1.807) is 6.20 Å². The summed E-state index contributed by atoms with van der Waals surface area (Å²) in [6.07, 6.45) is 3.83. The Kier molecular flexibility index (Phi) is 4.48. The van der Waals surface area contributed by atoms with E-state index in [0.29, 0.717) is 6.54 Å². The van der Waals surface area contributed by atoms with Gasteiger partial charge in [0.05, 0.1) is 5.69 Å². The number of carbonyl (C=O) groups excluding carboxylic acids is 1. The Balaban J connectivity index is 2.14. The Labute approximate surface area is 140 Å². The van der Waals surface area contributed by atoms with Crippen LogP contribution in [0.4, 0.5) is 0 Å². The van der Waals surface area contributed by atoms with Gasteiger partial charge in [0, 0.05) is 29.5 Å². The van der Waals surface area contributed by atoms with Crippen molar-refractivity contribution in [2.45, 2.75) is 33.6 Å². The predicted molar refractivity (Wildman–Crippen MR) is 95.7 cm³/mol. The summed E-state index contributed by atoms with van der Waals surface area (Å²) in [6.45, 7) is 6.95. The van der Waals surface area contributed by atoms with E-state index in [1.165, 1.54) is 11.3 Å². The molecule has 0 saturated heterocycles. The SMILES string of the molecule is CCCCNC(=O)c1sc2ncccc2c1-n1c(C)ccc1C. The molecular formula is C18H21N3OS. The normalized spacial score (nSPS) is 11.1. The monoisotopic (exact) mass is 327 g/mol.